The van der Waals surface area contributed by atoms with E-state index in [0.29, 0.717) is 18.1 Å². The topological polar surface area (TPSA) is 68.4 Å². The SMILES string of the molecule is CN(C(=O)NCc1cc2cc(Cl)ccc2[nH]1)[C@@H]1CCCN(C(=O)C2(C)CC2)C1. The third kappa shape index (κ3) is 3.83. The molecule has 2 aliphatic rings. The Bertz CT molecular complexity index is 905. The minimum absolute atomic E-state index is 0.0570. The summed E-state index contributed by atoms with van der Waals surface area (Å²) in [7, 11) is 1.82. The molecule has 2 heterocycles. The number of hydrogen-bond acceptors (Lipinski definition) is 2. The van der Waals surface area contributed by atoms with Gasteiger partial charge in [-0.1, -0.05) is 18.5 Å². The Hall–Kier alpha value is -2.21. The number of likely N-dealkylation sites (tertiary alicyclic amines) is 1. The molecule has 1 aliphatic heterocycles. The molecule has 1 aromatic carbocycles. The number of rotatable bonds is 4. The van der Waals surface area contributed by atoms with Gasteiger partial charge in [-0.25, -0.2) is 4.79 Å². The Morgan fingerprint density at radius 2 is 2.14 bits per heavy atom. The van der Waals surface area contributed by atoms with Gasteiger partial charge < -0.3 is 20.1 Å². The summed E-state index contributed by atoms with van der Waals surface area (Å²) in [5, 5.41) is 4.70. The van der Waals surface area contributed by atoms with Crippen LogP contribution in [0, 0.1) is 5.41 Å². The van der Waals surface area contributed by atoms with E-state index in [0.717, 1.165) is 48.8 Å². The fourth-order valence-corrected chi connectivity index (χ4v) is 4.14. The van der Waals surface area contributed by atoms with Crippen LogP contribution in [0.4, 0.5) is 4.79 Å². The lowest BCUT2D eigenvalue weighted by Gasteiger charge is -2.38. The van der Waals surface area contributed by atoms with Gasteiger partial charge in [0.15, 0.2) is 0 Å². The molecule has 150 valence electrons. The molecule has 1 atom stereocenters. The maximum Gasteiger partial charge on any atom is 0.317 e. The van der Waals surface area contributed by atoms with E-state index in [1.807, 2.05) is 43.1 Å². The highest BCUT2D eigenvalue weighted by Crippen LogP contribution is 2.46. The Morgan fingerprint density at radius 1 is 1.36 bits per heavy atom. The fraction of sp³-hybridized carbons (Fsp3) is 0.524. The third-order valence-electron chi connectivity index (χ3n) is 6.14. The first kappa shape index (κ1) is 19.1. The van der Waals surface area contributed by atoms with Crippen LogP contribution in [0.1, 0.15) is 38.3 Å². The van der Waals surface area contributed by atoms with Gasteiger partial charge in [0.2, 0.25) is 5.91 Å². The van der Waals surface area contributed by atoms with E-state index >= 15 is 0 Å². The van der Waals surface area contributed by atoms with Gasteiger partial charge in [-0.15, -0.1) is 0 Å². The number of fused-ring (bicyclic) bond motifs is 1. The number of likely N-dealkylation sites (N-methyl/N-ethyl adjacent to an activating group) is 1. The molecule has 2 fully saturated rings. The quantitative estimate of drug-likeness (QED) is 0.817. The number of H-pyrrole nitrogens is 1. The maximum atomic E-state index is 12.6. The summed E-state index contributed by atoms with van der Waals surface area (Å²) in [6, 6.07) is 7.62. The third-order valence-corrected chi connectivity index (χ3v) is 6.37. The van der Waals surface area contributed by atoms with Crippen LogP contribution in [0.25, 0.3) is 10.9 Å². The maximum absolute atomic E-state index is 12.6. The van der Waals surface area contributed by atoms with Crippen molar-refractivity contribution >= 4 is 34.4 Å². The number of aromatic amines is 1. The molecule has 6 nitrogen and oxygen atoms in total. The molecule has 1 saturated carbocycles. The predicted octanol–water partition coefficient (Wildman–Crippen LogP) is 3.75. The zero-order chi connectivity index (χ0) is 19.9. The van der Waals surface area contributed by atoms with Crippen LogP contribution in [0.5, 0.6) is 0 Å². The highest BCUT2D eigenvalue weighted by Gasteiger charge is 2.47. The van der Waals surface area contributed by atoms with Gasteiger partial charge in [-0.2, -0.15) is 0 Å². The van der Waals surface area contributed by atoms with Crippen molar-refractivity contribution in [3.05, 3.63) is 35.0 Å². The van der Waals surface area contributed by atoms with E-state index in [2.05, 4.69) is 10.3 Å². The molecule has 0 bridgehead atoms. The highest BCUT2D eigenvalue weighted by molar-refractivity contribution is 6.31. The predicted molar refractivity (Wildman–Crippen MR) is 110 cm³/mol. The monoisotopic (exact) mass is 402 g/mol. The van der Waals surface area contributed by atoms with E-state index < -0.39 is 0 Å². The lowest BCUT2D eigenvalue weighted by atomic mass is 10.0. The van der Waals surface area contributed by atoms with Crippen molar-refractivity contribution in [2.24, 2.45) is 5.41 Å². The van der Waals surface area contributed by atoms with Crippen LogP contribution in [0.2, 0.25) is 5.02 Å². The number of aromatic nitrogens is 1. The van der Waals surface area contributed by atoms with Crippen molar-refractivity contribution < 1.29 is 9.59 Å². The molecule has 0 unspecified atom stereocenters. The first-order chi connectivity index (χ1) is 13.4. The fourth-order valence-electron chi connectivity index (χ4n) is 3.96. The first-order valence-corrected chi connectivity index (χ1v) is 10.3. The summed E-state index contributed by atoms with van der Waals surface area (Å²) >= 11 is 6.03. The van der Waals surface area contributed by atoms with E-state index in [-0.39, 0.29) is 23.4 Å². The van der Waals surface area contributed by atoms with Crippen molar-refractivity contribution in [3.8, 4) is 0 Å². The Balaban J connectivity index is 1.34. The average Bonchev–Trinajstić information content (AvgIpc) is 3.32. The largest absolute Gasteiger partial charge is 0.357 e. The van der Waals surface area contributed by atoms with Gasteiger partial charge in [-0.3, -0.25) is 4.79 Å². The molecule has 3 amide bonds. The number of piperidine rings is 1. The summed E-state index contributed by atoms with van der Waals surface area (Å²) in [6.07, 6.45) is 3.83. The van der Waals surface area contributed by atoms with Gasteiger partial charge in [0, 0.05) is 47.2 Å². The van der Waals surface area contributed by atoms with E-state index in [1.54, 1.807) is 4.90 Å². The molecular weight excluding hydrogens is 376 g/mol. The summed E-state index contributed by atoms with van der Waals surface area (Å²) in [4.78, 5) is 32.3. The second-order valence-corrected chi connectivity index (χ2v) is 8.84. The van der Waals surface area contributed by atoms with E-state index in [1.165, 1.54) is 0 Å². The molecule has 1 aromatic heterocycles. The Morgan fingerprint density at radius 3 is 2.89 bits per heavy atom. The van der Waals surface area contributed by atoms with Crippen molar-refractivity contribution in [2.75, 3.05) is 20.1 Å². The number of nitrogens with zero attached hydrogens (tertiary/aromatic N) is 2. The number of urea groups is 1. The number of hydrogen-bond donors (Lipinski definition) is 2. The normalized spacial score (nSPS) is 20.8. The number of amides is 3. The molecule has 2 N–H and O–H groups in total. The number of carbonyl (C=O) groups excluding carboxylic acids is 2. The molecule has 4 rings (SSSR count). The standard InChI is InChI=1S/C21H27ClN4O2/c1-21(7-8-21)19(27)26-9-3-4-17(13-26)25(2)20(28)23-12-16-11-14-10-15(22)5-6-18(14)24-16/h5-6,10-11,17,24H,3-4,7-9,12-13H2,1-2H3,(H,23,28)/t17-/m1/s1. The summed E-state index contributed by atoms with van der Waals surface area (Å²) < 4.78 is 0. The van der Waals surface area contributed by atoms with Crippen LogP contribution in [0.3, 0.4) is 0 Å². The van der Waals surface area contributed by atoms with Crippen molar-refractivity contribution in [1.82, 2.24) is 20.1 Å². The van der Waals surface area contributed by atoms with Gasteiger partial charge in [0.1, 0.15) is 0 Å². The van der Waals surface area contributed by atoms with Gasteiger partial charge in [0.25, 0.3) is 0 Å². The number of nitrogens with one attached hydrogen (secondary N) is 2. The minimum Gasteiger partial charge on any atom is -0.357 e. The van der Waals surface area contributed by atoms with Crippen LogP contribution in [-0.2, 0) is 11.3 Å². The van der Waals surface area contributed by atoms with Crippen molar-refractivity contribution in [2.45, 2.75) is 45.2 Å². The lowest BCUT2D eigenvalue weighted by Crippen LogP contribution is -2.53. The second kappa shape index (κ2) is 7.32. The molecule has 0 spiro atoms. The molecule has 28 heavy (non-hydrogen) atoms. The van der Waals surface area contributed by atoms with Crippen LogP contribution in [0.15, 0.2) is 24.3 Å². The number of carbonyl (C=O) groups is 2. The minimum atomic E-state index is -0.152. The van der Waals surface area contributed by atoms with Crippen molar-refractivity contribution in [3.63, 3.8) is 0 Å². The summed E-state index contributed by atoms with van der Waals surface area (Å²) in [5.41, 5.74) is 1.78. The summed E-state index contributed by atoms with van der Waals surface area (Å²) in [5.74, 6) is 0.253. The van der Waals surface area contributed by atoms with Gasteiger partial charge in [0.05, 0.1) is 12.6 Å². The lowest BCUT2D eigenvalue weighted by molar-refractivity contribution is -0.138. The van der Waals surface area contributed by atoms with Gasteiger partial charge in [-0.05, 0) is 49.9 Å². The number of benzene rings is 1. The van der Waals surface area contributed by atoms with Crippen LogP contribution in [-0.4, -0.2) is 52.9 Å². The molecular formula is C21H27ClN4O2. The molecule has 1 aliphatic carbocycles. The van der Waals surface area contributed by atoms with Crippen LogP contribution < -0.4 is 5.32 Å². The molecule has 1 saturated heterocycles. The molecule has 2 aromatic rings. The van der Waals surface area contributed by atoms with E-state index in [4.69, 9.17) is 11.6 Å². The molecule has 7 heteroatoms. The smallest absolute Gasteiger partial charge is 0.317 e. The van der Waals surface area contributed by atoms with Gasteiger partial charge >= 0.3 is 6.03 Å². The van der Waals surface area contributed by atoms with E-state index in [9.17, 15) is 9.59 Å². The Kier molecular flexibility index (Phi) is 5.00. The second-order valence-electron chi connectivity index (χ2n) is 8.40. The van der Waals surface area contributed by atoms with Crippen molar-refractivity contribution in [1.29, 1.82) is 0 Å². The zero-order valence-electron chi connectivity index (χ0n) is 16.4. The number of halogens is 1. The highest BCUT2D eigenvalue weighted by atomic mass is 35.5. The Labute approximate surface area is 170 Å². The first-order valence-electron chi connectivity index (χ1n) is 9.93. The van der Waals surface area contributed by atoms with Crippen LogP contribution >= 0.6 is 11.6 Å². The molecule has 0 radical (unpaired) electrons. The average molecular weight is 403 g/mol. The zero-order valence-corrected chi connectivity index (χ0v) is 17.2. The summed E-state index contributed by atoms with van der Waals surface area (Å²) in [6.45, 7) is 3.90.